The molecule has 21 heavy (non-hydrogen) atoms. The topological polar surface area (TPSA) is 49.4 Å². The van der Waals surface area contributed by atoms with Crippen molar-refractivity contribution in [3.05, 3.63) is 0 Å². The third kappa shape index (κ3) is 2.90. The van der Waals surface area contributed by atoms with Crippen LogP contribution in [0.15, 0.2) is 0 Å². The first-order valence-corrected chi connectivity index (χ1v) is 7.59. The van der Waals surface area contributed by atoms with Crippen LogP contribution in [0.1, 0.15) is 52.9 Å². The van der Waals surface area contributed by atoms with E-state index in [1.165, 1.54) is 4.90 Å². The van der Waals surface area contributed by atoms with Gasteiger partial charge in [-0.25, -0.2) is 8.78 Å². The maximum absolute atomic E-state index is 13.0. The van der Waals surface area contributed by atoms with Crippen LogP contribution in [0.5, 0.6) is 0 Å². The summed E-state index contributed by atoms with van der Waals surface area (Å²) in [6.45, 7) is 4.83. The highest BCUT2D eigenvalue weighted by Gasteiger charge is 2.55. The molecule has 0 bridgehead atoms. The van der Waals surface area contributed by atoms with Gasteiger partial charge in [0.15, 0.2) is 0 Å². The van der Waals surface area contributed by atoms with E-state index in [1.807, 2.05) is 20.8 Å². The average molecular weight is 302 g/mol. The molecule has 1 unspecified atom stereocenters. The highest BCUT2D eigenvalue weighted by atomic mass is 19.3. The molecule has 1 heterocycles. The van der Waals surface area contributed by atoms with Crippen LogP contribution in [0.2, 0.25) is 0 Å². The van der Waals surface area contributed by atoms with Crippen LogP contribution in [0.3, 0.4) is 0 Å². The standard InChI is InChI=1S/C15H24F2N2O2/c1-14(2,3)11-12(20)19(9-10(16)17)15(13(21)18-11)7-5-4-6-8-15/h10-11H,4-9H2,1-3H3,(H,18,21). The smallest absolute Gasteiger partial charge is 0.255 e. The Bertz CT molecular complexity index is 426. The van der Waals surface area contributed by atoms with Gasteiger partial charge in [-0.15, -0.1) is 0 Å². The molecule has 2 amide bonds. The fourth-order valence-corrected chi connectivity index (χ4v) is 3.44. The monoisotopic (exact) mass is 302 g/mol. The molecule has 2 fully saturated rings. The Morgan fingerprint density at radius 1 is 1.24 bits per heavy atom. The fourth-order valence-electron chi connectivity index (χ4n) is 3.44. The minimum atomic E-state index is -2.63. The van der Waals surface area contributed by atoms with Gasteiger partial charge in [0.25, 0.3) is 6.43 Å². The van der Waals surface area contributed by atoms with Gasteiger partial charge in [0.1, 0.15) is 11.6 Å². The number of carbonyl (C=O) groups excluding carboxylic acids is 2. The van der Waals surface area contributed by atoms with Crippen molar-refractivity contribution >= 4 is 11.8 Å². The predicted octanol–water partition coefficient (Wildman–Crippen LogP) is 2.33. The van der Waals surface area contributed by atoms with Crippen LogP contribution >= 0.6 is 0 Å². The van der Waals surface area contributed by atoms with Crippen molar-refractivity contribution < 1.29 is 18.4 Å². The Morgan fingerprint density at radius 3 is 2.29 bits per heavy atom. The lowest BCUT2D eigenvalue weighted by Gasteiger charge is -2.52. The second kappa shape index (κ2) is 5.54. The summed E-state index contributed by atoms with van der Waals surface area (Å²) in [5.41, 5.74) is -1.56. The van der Waals surface area contributed by atoms with Gasteiger partial charge < -0.3 is 10.2 Å². The lowest BCUT2D eigenvalue weighted by Crippen LogP contribution is -2.73. The zero-order valence-corrected chi connectivity index (χ0v) is 12.9. The number of amides is 2. The predicted molar refractivity (Wildman–Crippen MR) is 74.9 cm³/mol. The van der Waals surface area contributed by atoms with E-state index in [0.717, 1.165) is 19.3 Å². The lowest BCUT2D eigenvalue weighted by molar-refractivity contribution is -0.165. The molecule has 1 saturated carbocycles. The maximum Gasteiger partial charge on any atom is 0.255 e. The van der Waals surface area contributed by atoms with E-state index in [0.29, 0.717) is 12.8 Å². The molecule has 6 heteroatoms. The van der Waals surface area contributed by atoms with Crippen molar-refractivity contribution in [1.29, 1.82) is 0 Å². The van der Waals surface area contributed by atoms with Crippen LogP contribution < -0.4 is 5.32 Å². The molecule has 1 atom stereocenters. The number of rotatable bonds is 2. The first-order valence-electron chi connectivity index (χ1n) is 7.59. The largest absolute Gasteiger partial charge is 0.342 e. The Balaban J connectivity index is 2.37. The average Bonchev–Trinajstić information content (AvgIpc) is 2.39. The van der Waals surface area contributed by atoms with Gasteiger partial charge in [0.2, 0.25) is 11.8 Å². The van der Waals surface area contributed by atoms with Gasteiger partial charge in [-0.2, -0.15) is 0 Å². The number of hydrogen-bond acceptors (Lipinski definition) is 2. The number of piperazine rings is 1. The summed E-state index contributed by atoms with van der Waals surface area (Å²) in [6, 6.07) is -0.740. The second-order valence-corrected chi connectivity index (χ2v) is 7.20. The van der Waals surface area contributed by atoms with Crippen molar-refractivity contribution in [2.24, 2.45) is 5.41 Å². The van der Waals surface area contributed by atoms with E-state index in [2.05, 4.69) is 5.32 Å². The summed E-state index contributed by atoms with van der Waals surface area (Å²) in [5.74, 6) is -0.633. The van der Waals surface area contributed by atoms with Gasteiger partial charge in [-0.1, -0.05) is 40.0 Å². The molecule has 1 aliphatic carbocycles. The van der Waals surface area contributed by atoms with E-state index < -0.39 is 30.0 Å². The molecule has 0 aromatic carbocycles. The van der Waals surface area contributed by atoms with Crippen molar-refractivity contribution in [3.63, 3.8) is 0 Å². The normalized spacial score (nSPS) is 26.4. The molecule has 4 nitrogen and oxygen atoms in total. The Hall–Kier alpha value is -1.20. The van der Waals surface area contributed by atoms with Crippen molar-refractivity contribution in [2.75, 3.05) is 6.54 Å². The van der Waals surface area contributed by atoms with Gasteiger partial charge in [0, 0.05) is 0 Å². The number of alkyl halides is 2. The van der Waals surface area contributed by atoms with Crippen LogP contribution in [-0.2, 0) is 9.59 Å². The van der Waals surface area contributed by atoms with Gasteiger partial charge in [-0.3, -0.25) is 9.59 Å². The molecule has 1 N–H and O–H groups in total. The maximum atomic E-state index is 13.0. The molecule has 0 aromatic rings. The molecule has 2 rings (SSSR count). The summed E-state index contributed by atoms with van der Waals surface area (Å²) in [6.07, 6.45) is 0.900. The molecule has 1 spiro atoms. The molecule has 0 radical (unpaired) electrons. The van der Waals surface area contributed by atoms with Gasteiger partial charge >= 0.3 is 0 Å². The Morgan fingerprint density at radius 2 is 1.81 bits per heavy atom. The summed E-state index contributed by atoms with van der Waals surface area (Å²) in [4.78, 5) is 26.5. The van der Waals surface area contributed by atoms with Crippen LogP contribution in [-0.4, -0.2) is 41.3 Å². The Labute approximate surface area is 124 Å². The van der Waals surface area contributed by atoms with Gasteiger partial charge in [0.05, 0.1) is 6.54 Å². The van der Waals surface area contributed by atoms with Crippen molar-refractivity contribution in [3.8, 4) is 0 Å². The van der Waals surface area contributed by atoms with Crippen LogP contribution in [0, 0.1) is 5.41 Å². The molecule has 2 aliphatic rings. The van der Waals surface area contributed by atoms with E-state index in [-0.39, 0.29) is 11.8 Å². The number of nitrogens with one attached hydrogen (secondary N) is 1. The number of hydrogen-bond donors (Lipinski definition) is 1. The summed E-state index contributed by atoms with van der Waals surface area (Å²) in [5, 5.41) is 2.79. The highest BCUT2D eigenvalue weighted by molar-refractivity contribution is 6.00. The highest BCUT2D eigenvalue weighted by Crippen LogP contribution is 2.39. The SMILES string of the molecule is CC(C)(C)C1NC(=O)C2(CCCCC2)N(CC(F)F)C1=O. The molecule has 120 valence electrons. The first-order chi connectivity index (χ1) is 9.68. The van der Waals surface area contributed by atoms with Crippen LogP contribution in [0.25, 0.3) is 0 Å². The molecular weight excluding hydrogens is 278 g/mol. The van der Waals surface area contributed by atoms with Crippen molar-refractivity contribution in [1.82, 2.24) is 10.2 Å². The third-order valence-electron chi connectivity index (χ3n) is 4.60. The van der Waals surface area contributed by atoms with Gasteiger partial charge in [-0.05, 0) is 18.3 Å². The minimum absolute atomic E-state index is 0.262. The lowest BCUT2D eigenvalue weighted by atomic mass is 9.74. The Kier molecular flexibility index (Phi) is 4.26. The minimum Gasteiger partial charge on any atom is -0.342 e. The zero-order valence-electron chi connectivity index (χ0n) is 12.9. The van der Waals surface area contributed by atoms with E-state index in [4.69, 9.17) is 0 Å². The van der Waals surface area contributed by atoms with Crippen LogP contribution in [0.4, 0.5) is 8.78 Å². The number of carbonyl (C=O) groups is 2. The quantitative estimate of drug-likeness (QED) is 0.851. The molecular formula is C15H24F2N2O2. The molecule has 1 saturated heterocycles. The third-order valence-corrected chi connectivity index (χ3v) is 4.60. The van der Waals surface area contributed by atoms with E-state index in [9.17, 15) is 18.4 Å². The van der Waals surface area contributed by atoms with E-state index >= 15 is 0 Å². The summed E-state index contributed by atoms with van der Waals surface area (Å²) < 4.78 is 25.9. The molecule has 0 aromatic heterocycles. The summed E-state index contributed by atoms with van der Waals surface area (Å²) >= 11 is 0. The summed E-state index contributed by atoms with van der Waals surface area (Å²) in [7, 11) is 0. The zero-order chi connectivity index (χ0) is 15.8. The number of halogens is 2. The van der Waals surface area contributed by atoms with E-state index in [1.54, 1.807) is 0 Å². The van der Waals surface area contributed by atoms with Crippen molar-refractivity contribution in [2.45, 2.75) is 70.9 Å². The first kappa shape index (κ1) is 16.2. The molecule has 1 aliphatic heterocycles. The fraction of sp³-hybridized carbons (Fsp3) is 0.867. The second-order valence-electron chi connectivity index (χ2n) is 7.20. The number of nitrogens with zero attached hydrogens (tertiary/aromatic N) is 1.